The number of rotatable bonds is 7. The highest BCUT2D eigenvalue weighted by Gasteiger charge is 2.31. The number of nitrogens with zero attached hydrogens (tertiary/aromatic N) is 1. The van der Waals surface area contributed by atoms with Crippen LogP contribution in [0.1, 0.15) is 17.2 Å². The van der Waals surface area contributed by atoms with Crippen LogP contribution >= 0.6 is 12.2 Å². The van der Waals surface area contributed by atoms with Crippen LogP contribution in [0.2, 0.25) is 0 Å². The molecule has 0 saturated carbocycles. The van der Waals surface area contributed by atoms with E-state index in [9.17, 15) is 4.39 Å². The fourth-order valence-corrected chi connectivity index (χ4v) is 4.36. The first-order valence-corrected chi connectivity index (χ1v) is 11.3. The number of anilines is 1. The number of methoxy groups -OCH3 is 3. The summed E-state index contributed by atoms with van der Waals surface area (Å²) in [7, 11) is 4.88. The molecule has 4 rings (SSSR count). The van der Waals surface area contributed by atoms with Crippen molar-refractivity contribution in [1.29, 1.82) is 0 Å². The number of hydrogen-bond acceptors (Lipinski definition) is 5. The number of thiocarbonyl (C=S) groups is 1. The molecular formula is C26H27FN2O4S. The first-order chi connectivity index (χ1) is 16.5. The largest absolute Gasteiger partial charge is 0.497 e. The maximum absolute atomic E-state index is 13.3. The molecule has 1 atom stereocenters. The van der Waals surface area contributed by atoms with Gasteiger partial charge in [-0.3, -0.25) is 0 Å². The lowest BCUT2D eigenvalue weighted by Crippen LogP contribution is -2.44. The van der Waals surface area contributed by atoms with E-state index in [2.05, 4.69) is 10.2 Å². The van der Waals surface area contributed by atoms with Crippen molar-refractivity contribution in [3.63, 3.8) is 0 Å². The zero-order valence-corrected chi connectivity index (χ0v) is 20.2. The van der Waals surface area contributed by atoms with E-state index < -0.39 is 0 Å². The molecule has 3 aromatic carbocycles. The van der Waals surface area contributed by atoms with E-state index in [-0.39, 0.29) is 11.9 Å². The second-order valence-corrected chi connectivity index (χ2v) is 8.18. The highest BCUT2D eigenvalue weighted by atomic mass is 32.1. The van der Waals surface area contributed by atoms with Crippen LogP contribution in [0.15, 0.2) is 60.7 Å². The summed E-state index contributed by atoms with van der Waals surface area (Å²) in [6.07, 6.45) is 0.778. The molecule has 1 aliphatic rings. The molecular weight excluding hydrogens is 455 g/mol. The Morgan fingerprint density at radius 1 is 0.941 bits per heavy atom. The Morgan fingerprint density at radius 3 is 2.24 bits per heavy atom. The van der Waals surface area contributed by atoms with E-state index in [1.807, 2.05) is 36.4 Å². The van der Waals surface area contributed by atoms with Gasteiger partial charge in [-0.2, -0.15) is 0 Å². The average Bonchev–Trinajstić information content (AvgIpc) is 2.87. The van der Waals surface area contributed by atoms with Crippen LogP contribution in [0.5, 0.6) is 23.0 Å². The molecule has 0 spiro atoms. The SMILES string of the molecule is COc1ccc(OCC2c3cc(OC)c(OC)cc3CCN2C(=S)Nc2ccc(F)cc2)cc1. The molecule has 1 heterocycles. The minimum absolute atomic E-state index is 0.175. The summed E-state index contributed by atoms with van der Waals surface area (Å²) in [5.41, 5.74) is 2.93. The molecule has 1 N–H and O–H groups in total. The molecule has 0 aliphatic carbocycles. The minimum atomic E-state index is -0.296. The topological polar surface area (TPSA) is 52.2 Å². The lowest BCUT2D eigenvalue weighted by Gasteiger charge is -2.39. The van der Waals surface area contributed by atoms with Crippen molar-refractivity contribution in [2.45, 2.75) is 12.5 Å². The maximum atomic E-state index is 13.3. The highest BCUT2D eigenvalue weighted by Crippen LogP contribution is 2.38. The second-order valence-electron chi connectivity index (χ2n) is 7.79. The Balaban J connectivity index is 1.62. The number of ether oxygens (including phenoxy) is 4. The van der Waals surface area contributed by atoms with Crippen molar-refractivity contribution >= 4 is 23.0 Å². The predicted molar refractivity (Wildman–Crippen MR) is 134 cm³/mol. The maximum Gasteiger partial charge on any atom is 0.174 e. The predicted octanol–water partition coefficient (Wildman–Crippen LogP) is 5.23. The van der Waals surface area contributed by atoms with Crippen LogP contribution in [0.3, 0.4) is 0 Å². The van der Waals surface area contributed by atoms with Crippen molar-refractivity contribution in [2.24, 2.45) is 0 Å². The van der Waals surface area contributed by atoms with Gasteiger partial charge in [0.1, 0.15) is 23.9 Å². The molecule has 34 heavy (non-hydrogen) atoms. The van der Waals surface area contributed by atoms with Crippen LogP contribution in [0.25, 0.3) is 0 Å². The summed E-state index contributed by atoms with van der Waals surface area (Å²) < 4.78 is 35.8. The molecule has 0 radical (unpaired) electrons. The summed E-state index contributed by atoms with van der Waals surface area (Å²) in [6, 6.07) is 17.4. The zero-order valence-electron chi connectivity index (χ0n) is 19.3. The summed E-state index contributed by atoms with van der Waals surface area (Å²) in [4.78, 5) is 2.09. The van der Waals surface area contributed by atoms with Gasteiger partial charge in [-0.15, -0.1) is 0 Å². The highest BCUT2D eigenvalue weighted by molar-refractivity contribution is 7.80. The van der Waals surface area contributed by atoms with Crippen LogP contribution in [0.4, 0.5) is 10.1 Å². The Kier molecular flexibility index (Phi) is 7.37. The summed E-state index contributed by atoms with van der Waals surface area (Å²) >= 11 is 5.76. The lowest BCUT2D eigenvalue weighted by molar-refractivity contribution is 0.190. The van der Waals surface area contributed by atoms with Gasteiger partial charge in [0.15, 0.2) is 16.6 Å². The fourth-order valence-electron chi connectivity index (χ4n) is 4.03. The van der Waals surface area contributed by atoms with Crippen molar-refractivity contribution in [2.75, 3.05) is 39.8 Å². The standard InChI is InChI=1S/C26H27FN2O4S/c1-30-20-8-10-21(11-9-20)33-16-23-22-15-25(32-3)24(31-2)14-17(22)12-13-29(23)26(34)28-19-6-4-18(27)5-7-19/h4-11,14-15,23H,12-13,16H2,1-3H3,(H,28,34). The number of halogens is 1. The number of nitrogens with one attached hydrogen (secondary N) is 1. The second kappa shape index (κ2) is 10.6. The number of hydrogen-bond donors (Lipinski definition) is 1. The van der Waals surface area contributed by atoms with Crippen LogP contribution < -0.4 is 24.3 Å². The first-order valence-electron chi connectivity index (χ1n) is 10.9. The molecule has 178 valence electrons. The van der Waals surface area contributed by atoms with E-state index in [0.717, 1.165) is 34.7 Å². The third kappa shape index (κ3) is 5.17. The molecule has 1 aliphatic heterocycles. The fraction of sp³-hybridized carbons (Fsp3) is 0.269. The monoisotopic (exact) mass is 482 g/mol. The molecule has 0 aromatic heterocycles. The Labute approximate surface area is 204 Å². The normalized spacial score (nSPS) is 14.7. The van der Waals surface area contributed by atoms with Crippen molar-refractivity contribution in [1.82, 2.24) is 4.90 Å². The van der Waals surface area contributed by atoms with Crippen molar-refractivity contribution < 1.29 is 23.3 Å². The molecule has 0 bridgehead atoms. The Bertz CT molecular complexity index is 1140. The van der Waals surface area contributed by atoms with Gasteiger partial charge in [-0.05, 0) is 90.4 Å². The Morgan fingerprint density at radius 2 is 1.59 bits per heavy atom. The van der Waals surface area contributed by atoms with Crippen molar-refractivity contribution in [3.05, 3.63) is 77.6 Å². The quantitative estimate of drug-likeness (QED) is 0.463. The third-order valence-corrected chi connectivity index (χ3v) is 6.16. The van der Waals surface area contributed by atoms with Gasteiger partial charge in [0, 0.05) is 12.2 Å². The first kappa shape index (κ1) is 23.6. The van der Waals surface area contributed by atoms with Crippen LogP contribution in [-0.2, 0) is 6.42 Å². The van der Waals surface area contributed by atoms with Gasteiger partial charge < -0.3 is 29.2 Å². The molecule has 0 amide bonds. The Hall–Kier alpha value is -3.52. The van der Waals surface area contributed by atoms with Gasteiger partial charge in [-0.25, -0.2) is 4.39 Å². The lowest BCUT2D eigenvalue weighted by atomic mass is 9.92. The number of benzene rings is 3. The molecule has 0 fully saturated rings. The molecule has 8 heteroatoms. The van der Waals surface area contributed by atoms with E-state index in [0.29, 0.717) is 29.8 Å². The molecule has 1 unspecified atom stereocenters. The van der Waals surface area contributed by atoms with Gasteiger partial charge in [0.05, 0.1) is 27.4 Å². The van der Waals surface area contributed by atoms with Crippen molar-refractivity contribution in [3.8, 4) is 23.0 Å². The van der Waals surface area contributed by atoms with E-state index in [4.69, 9.17) is 31.2 Å². The van der Waals surface area contributed by atoms with Gasteiger partial charge >= 0.3 is 0 Å². The zero-order chi connectivity index (χ0) is 24.1. The molecule has 6 nitrogen and oxygen atoms in total. The van der Waals surface area contributed by atoms with Crippen LogP contribution in [-0.4, -0.2) is 44.5 Å². The average molecular weight is 483 g/mol. The summed E-state index contributed by atoms with van der Waals surface area (Å²) in [6.45, 7) is 1.05. The van der Waals surface area contributed by atoms with E-state index in [1.165, 1.54) is 12.1 Å². The van der Waals surface area contributed by atoms with Gasteiger partial charge in [-0.1, -0.05) is 0 Å². The smallest absolute Gasteiger partial charge is 0.174 e. The minimum Gasteiger partial charge on any atom is -0.497 e. The van der Waals surface area contributed by atoms with Gasteiger partial charge in [0.2, 0.25) is 0 Å². The molecule has 0 saturated heterocycles. The summed E-state index contributed by atoms with van der Waals surface area (Å²) in [5.74, 6) is 2.53. The third-order valence-electron chi connectivity index (χ3n) is 5.83. The van der Waals surface area contributed by atoms with Crippen LogP contribution in [0, 0.1) is 5.82 Å². The van der Waals surface area contributed by atoms with E-state index in [1.54, 1.807) is 33.5 Å². The molecule has 3 aromatic rings. The number of fused-ring (bicyclic) bond motifs is 1. The summed E-state index contributed by atoms with van der Waals surface area (Å²) in [5, 5.41) is 3.76. The van der Waals surface area contributed by atoms with Gasteiger partial charge in [0.25, 0.3) is 0 Å². The van der Waals surface area contributed by atoms with E-state index >= 15 is 0 Å².